The molecule has 27 heavy (non-hydrogen) atoms. The summed E-state index contributed by atoms with van der Waals surface area (Å²) < 4.78 is 33.5. The maximum Gasteiger partial charge on any atom is 0.243 e. The number of carbonyl (C=O) groups excluding carboxylic acids is 1. The van der Waals surface area contributed by atoms with E-state index in [1.807, 2.05) is 24.3 Å². The summed E-state index contributed by atoms with van der Waals surface area (Å²) in [4.78, 5) is 11.8. The van der Waals surface area contributed by atoms with Gasteiger partial charge in [-0.15, -0.1) is 0 Å². The zero-order valence-corrected chi connectivity index (χ0v) is 15.6. The van der Waals surface area contributed by atoms with Crippen molar-refractivity contribution in [2.24, 2.45) is 5.41 Å². The number of nitrogens with one attached hydrogen (secondary N) is 1. The van der Waals surface area contributed by atoms with Gasteiger partial charge in [-0.25, -0.2) is 8.42 Å². The van der Waals surface area contributed by atoms with Gasteiger partial charge in [-0.1, -0.05) is 18.2 Å². The van der Waals surface area contributed by atoms with E-state index in [1.165, 1.54) is 4.31 Å². The van der Waals surface area contributed by atoms with Crippen LogP contribution in [0.25, 0.3) is 0 Å². The van der Waals surface area contributed by atoms with Crippen molar-refractivity contribution >= 4 is 21.6 Å². The van der Waals surface area contributed by atoms with E-state index in [1.54, 1.807) is 18.2 Å². The number of nitrogens with zero attached hydrogens (tertiary/aromatic N) is 1. The second-order valence-electron chi connectivity index (χ2n) is 7.71. The van der Waals surface area contributed by atoms with Crippen molar-refractivity contribution in [2.45, 2.75) is 24.2 Å². The molecule has 1 N–H and O–H groups in total. The third kappa shape index (κ3) is 2.73. The van der Waals surface area contributed by atoms with Gasteiger partial charge in [0.15, 0.2) is 0 Å². The normalized spacial score (nSPS) is 20.8. The summed E-state index contributed by atoms with van der Waals surface area (Å²) in [5.41, 5.74) is 2.59. The summed E-state index contributed by atoms with van der Waals surface area (Å²) in [5, 5.41) is 2.79. The van der Waals surface area contributed by atoms with Crippen molar-refractivity contribution in [3.8, 4) is 5.75 Å². The van der Waals surface area contributed by atoms with Crippen LogP contribution < -0.4 is 10.1 Å². The Bertz CT molecular complexity index is 1040. The summed E-state index contributed by atoms with van der Waals surface area (Å²) in [6.45, 7) is 1.49. The number of hydrogen-bond acceptors (Lipinski definition) is 4. The fourth-order valence-corrected chi connectivity index (χ4v) is 5.94. The Balaban J connectivity index is 1.35. The van der Waals surface area contributed by atoms with Gasteiger partial charge in [-0.05, 0) is 48.2 Å². The lowest BCUT2D eigenvalue weighted by Gasteiger charge is -2.50. The first-order valence-electron chi connectivity index (χ1n) is 9.09. The van der Waals surface area contributed by atoms with E-state index >= 15 is 0 Å². The van der Waals surface area contributed by atoms with Gasteiger partial charge in [-0.2, -0.15) is 4.31 Å². The van der Waals surface area contributed by atoms with Crippen LogP contribution in [0.3, 0.4) is 0 Å². The molecule has 0 unspecified atom stereocenters. The molecule has 0 saturated carbocycles. The molecule has 0 aliphatic carbocycles. The summed E-state index contributed by atoms with van der Waals surface area (Å²) >= 11 is 0. The van der Waals surface area contributed by atoms with Gasteiger partial charge in [0, 0.05) is 30.6 Å². The maximum absolute atomic E-state index is 13.0. The van der Waals surface area contributed by atoms with Crippen LogP contribution in [-0.2, 0) is 27.7 Å². The third-order valence-corrected chi connectivity index (χ3v) is 7.49. The van der Waals surface area contributed by atoms with E-state index in [9.17, 15) is 13.2 Å². The molecule has 1 saturated heterocycles. The Morgan fingerprint density at radius 1 is 1.04 bits per heavy atom. The lowest BCUT2D eigenvalue weighted by molar-refractivity contribution is -0.116. The van der Waals surface area contributed by atoms with E-state index in [4.69, 9.17) is 4.74 Å². The van der Waals surface area contributed by atoms with Gasteiger partial charge in [0.2, 0.25) is 15.9 Å². The molecule has 0 aromatic heterocycles. The van der Waals surface area contributed by atoms with Crippen LogP contribution in [0.2, 0.25) is 0 Å². The molecule has 3 aliphatic rings. The number of fused-ring (bicyclic) bond motifs is 2. The summed E-state index contributed by atoms with van der Waals surface area (Å²) in [6.07, 6.45) is 1.80. The first-order chi connectivity index (χ1) is 13.0. The van der Waals surface area contributed by atoms with Crippen molar-refractivity contribution in [3.63, 3.8) is 0 Å². The zero-order valence-electron chi connectivity index (χ0n) is 14.8. The van der Waals surface area contributed by atoms with E-state index in [2.05, 4.69) is 5.32 Å². The number of para-hydroxylation sites is 1. The average molecular weight is 384 g/mol. The number of rotatable bonds is 2. The molecule has 7 heteroatoms. The van der Waals surface area contributed by atoms with Crippen molar-refractivity contribution < 1.29 is 17.9 Å². The fourth-order valence-electron chi connectivity index (χ4n) is 4.22. The summed E-state index contributed by atoms with van der Waals surface area (Å²) in [6, 6.07) is 12.9. The highest BCUT2D eigenvalue weighted by Crippen LogP contribution is 2.43. The average Bonchev–Trinajstić information content (AvgIpc) is 2.65. The predicted molar refractivity (Wildman–Crippen MR) is 100 cm³/mol. The van der Waals surface area contributed by atoms with Crippen LogP contribution in [-0.4, -0.2) is 38.3 Å². The highest BCUT2D eigenvalue weighted by atomic mass is 32.2. The third-order valence-electron chi connectivity index (χ3n) is 5.71. The van der Waals surface area contributed by atoms with Crippen LogP contribution in [0.15, 0.2) is 47.4 Å². The van der Waals surface area contributed by atoms with E-state index in [0.29, 0.717) is 43.1 Å². The molecule has 1 fully saturated rings. The fraction of sp³-hybridized carbons (Fsp3) is 0.350. The number of carbonyl (C=O) groups is 1. The van der Waals surface area contributed by atoms with Gasteiger partial charge in [-0.3, -0.25) is 4.79 Å². The van der Waals surface area contributed by atoms with Gasteiger partial charge in [0.1, 0.15) is 5.75 Å². The molecule has 6 nitrogen and oxygen atoms in total. The van der Waals surface area contributed by atoms with Gasteiger partial charge in [0.05, 0.1) is 11.5 Å². The minimum absolute atomic E-state index is 0.0274. The Morgan fingerprint density at radius 2 is 1.85 bits per heavy atom. The molecule has 0 bridgehead atoms. The smallest absolute Gasteiger partial charge is 0.243 e. The van der Waals surface area contributed by atoms with Gasteiger partial charge >= 0.3 is 0 Å². The van der Waals surface area contributed by atoms with Crippen molar-refractivity contribution in [1.82, 2.24) is 4.31 Å². The minimum atomic E-state index is -3.54. The minimum Gasteiger partial charge on any atom is -0.493 e. The number of hydrogen-bond donors (Lipinski definition) is 1. The highest BCUT2D eigenvalue weighted by molar-refractivity contribution is 7.89. The molecule has 2 aromatic rings. The first kappa shape index (κ1) is 16.8. The van der Waals surface area contributed by atoms with E-state index < -0.39 is 10.0 Å². The number of amides is 1. The number of sulfonamides is 1. The number of aryl methyl sites for hydroxylation is 1. The van der Waals surface area contributed by atoms with E-state index in [-0.39, 0.29) is 11.3 Å². The molecular weight excluding hydrogens is 364 g/mol. The number of benzene rings is 2. The molecule has 2 aromatic carbocycles. The Kier molecular flexibility index (Phi) is 3.61. The highest BCUT2D eigenvalue weighted by Gasteiger charge is 2.50. The van der Waals surface area contributed by atoms with Crippen LogP contribution in [0.4, 0.5) is 5.69 Å². The lowest BCUT2D eigenvalue weighted by atomic mass is 9.75. The molecule has 0 radical (unpaired) electrons. The quantitative estimate of drug-likeness (QED) is 0.861. The summed E-state index contributed by atoms with van der Waals surface area (Å²) in [7, 11) is -3.54. The van der Waals surface area contributed by atoms with Gasteiger partial charge in [0.25, 0.3) is 0 Å². The monoisotopic (exact) mass is 384 g/mol. The molecule has 140 valence electrons. The van der Waals surface area contributed by atoms with Crippen LogP contribution >= 0.6 is 0 Å². The predicted octanol–water partition coefficient (Wildman–Crippen LogP) is 2.20. The zero-order chi connectivity index (χ0) is 18.6. The van der Waals surface area contributed by atoms with Crippen molar-refractivity contribution in [3.05, 3.63) is 53.6 Å². The van der Waals surface area contributed by atoms with Crippen LogP contribution in [0.1, 0.15) is 17.5 Å². The molecule has 3 heterocycles. The molecule has 0 atom stereocenters. The number of ether oxygens (including phenoxy) is 1. The van der Waals surface area contributed by atoms with Gasteiger partial charge < -0.3 is 10.1 Å². The molecule has 3 aliphatic heterocycles. The van der Waals surface area contributed by atoms with Crippen molar-refractivity contribution in [1.29, 1.82) is 0 Å². The molecular formula is C20H20N2O4S. The SMILES string of the molecule is O=C1CCc2cc(S(=O)(=O)N3CC4(COc5ccccc5C4)C3)ccc2N1. The maximum atomic E-state index is 13.0. The Morgan fingerprint density at radius 3 is 2.70 bits per heavy atom. The largest absolute Gasteiger partial charge is 0.493 e. The Labute approximate surface area is 158 Å². The second-order valence-corrected chi connectivity index (χ2v) is 9.65. The Hall–Kier alpha value is -2.38. The topological polar surface area (TPSA) is 75.7 Å². The lowest BCUT2D eigenvalue weighted by Crippen LogP contribution is -2.62. The molecule has 1 spiro atoms. The van der Waals surface area contributed by atoms with Crippen LogP contribution in [0, 0.1) is 5.41 Å². The second kappa shape index (κ2) is 5.81. The van der Waals surface area contributed by atoms with Crippen LogP contribution in [0.5, 0.6) is 5.75 Å². The molecule has 1 amide bonds. The number of anilines is 1. The first-order valence-corrected chi connectivity index (χ1v) is 10.5. The van der Waals surface area contributed by atoms with E-state index in [0.717, 1.165) is 23.3 Å². The van der Waals surface area contributed by atoms with Crippen molar-refractivity contribution in [2.75, 3.05) is 25.0 Å². The summed E-state index contributed by atoms with van der Waals surface area (Å²) in [5.74, 6) is 0.876. The standard InChI is InChI=1S/C20H20N2O4S/c23-19-8-5-14-9-16(6-7-17(14)21-19)27(24,25)22-11-20(12-22)10-15-3-1-2-4-18(15)26-13-20/h1-4,6-7,9H,5,8,10-13H2,(H,21,23). The molecule has 5 rings (SSSR count).